The van der Waals surface area contributed by atoms with Gasteiger partial charge in [0.1, 0.15) is 5.75 Å². The molecule has 2 N–H and O–H groups in total. The SMILES string of the molecule is COc1ccccc1[C@@H]1c2sc(=O)[nH]c2SC[C@@H]1C(=O)Nc1ccc(C)cc1. The van der Waals surface area contributed by atoms with Crippen LogP contribution in [0, 0.1) is 12.8 Å². The topological polar surface area (TPSA) is 71.2 Å². The predicted octanol–water partition coefficient (Wildman–Crippen LogP) is 4.25. The molecule has 1 amide bonds. The van der Waals surface area contributed by atoms with Crippen LogP contribution in [0.2, 0.25) is 0 Å². The average molecular weight is 413 g/mol. The Morgan fingerprint density at radius 1 is 1.18 bits per heavy atom. The Morgan fingerprint density at radius 3 is 2.68 bits per heavy atom. The fourth-order valence-corrected chi connectivity index (χ4v) is 5.88. The number of amides is 1. The molecular weight excluding hydrogens is 392 g/mol. The van der Waals surface area contributed by atoms with Crippen molar-refractivity contribution in [2.24, 2.45) is 5.92 Å². The number of rotatable bonds is 4. The first-order chi connectivity index (χ1) is 13.6. The van der Waals surface area contributed by atoms with Crippen molar-refractivity contribution < 1.29 is 9.53 Å². The zero-order chi connectivity index (χ0) is 19.7. The molecule has 1 aliphatic rings. The maximum absolute atomic E-state index is 13.2. The molecule has 0 radical (unpaired) electrons. The van der Waals surface area contributed by atoms with Crippen molar-refractivity contribution >= 4 is 34.7 Å². The van der Waals surface area contributed by atoms with E-state index in [1.165, 1.54) is 23.1 Å². The van der Waals surface area contributed by atoms with Crippen LogP contribution in [0.5, 0.6) is 5.75 Å². The molecule has 28 heavy (non-hydrogen) atoms. The van der Waals surface area contributed by atoms with Crippen LogP contribution >= 0.6 is 23.1 Å². The smallest absolute Gasteiger partial charge is 0.305 e. The molecule has 7 heteroatoms. The van der Waals surface area contributed by atoms with E-state index in [-0.39, 0.29) is 22.6 Å². The third-order valence-corrected chi connectivity index (χ3v) is 7.10. The molecule has 2 atom stereocenters. The van der Waals surface area contributed by atoms with E-state index < -0.39 is 0 Å². The maximum atomic E-state index is 13.2. The lowest BCUT2D eigenvalue weighted by Crippen LogP contribution is -2.32. The number of aryl methyl sites for hydroxylation is 1. The maximum Gasteiger partial charge on any atom is 0.305 e. The Balaban J connectivity index is 1.73. The molecule has 1 aromatic heterocycles. The van der Waals surface area contributed by atoms with Crippen molar-refractivity contribution in [1.82, 2.24) is 4.98 Å². The third kappa shape index (κ3) is 3.59. The van der Waals surface area contributed by atoms with Crippen LogP contribution in [-0.2, 0) is 4.79 Å². The van der Waals surface area contributed by atoms with Gasteiger partial charge in [-0.1, -0.05) is 47.2 Å². The first kappa shape index (κ1) is 18.8. The number of benzene rings is 2. The highest BCUT2D eigenvalue weighted by atomic mass is 32.2. The van der Waals surface area contributed by atoms with Crippen LogP contribution in [0.15, 0.2) is 58.4 Å². The second-order valence-corrected chi connectivity index (χ2v) is 8.75. The van der Waals surface area contributed by atoms with Crippen LogP contribution in [0.3, 0.4) is 0 Å². The number of nitrogens with one attached hydrogen (secondary N) is 2. The normalized spacial score (nSPS) is 18.4. The number of fused-ring (bicyclic) bond motifs is 1. The van der Waals surface area contributed by atoms with Crippen molar-refractivity contribution in [3.05, 3.63) is 74.2 Å². The summed E-state index contributed by atoms with van der Waals surface area (Å²) in [6, 6.07) is 15.5. The Morgan fingerprint density at radius 2 is 1.93 bits per heavy atom. The zero-order valence-electron chi connectivity index (χ0n) is 15.5. The van der Waals surface area contributed by atoms with E-state index in [1.807, 2.05) is 55.5 Å². The van der Waals surface area contributed by atoms with Gasteiger partial charge < -0.3 is 15.0 Å². The van der Waals surface area contributed by atoms with Crippen molar-refractivity contribution in [3.63, 3.8) is 0 Å². The fraction of sp³-hybridized carbons (Fsp3) is 0.238. The molecule has 2 heterocycles. The summed E-state index contributed by atoms with van der Waals surface area (Å²) in [5.41, 5.74) is 2.83. The Labute approximate surface area is 171 Å². The molecule has 0 saturated heterocycles. The number of aromatic amines is 1. The number of methoxy groups -OCH3 is 1. The van der Waals surface area contributed by atoms with Gasteiger partial charge in [0, 0.05) is 27.8 Å². The highest BCUT2D eigenvalue weighted by Crippen LogP contribution is 2.47. The molecule has 2 aromatic carbocycles. The highest BCUT2D eigenvalue weighted by Gasteiger charge is 2.39. The number of carbonyl (C=O) groups excluding carboxylic acids is 1. The largest absolute Gasteiger partial charge is 0.496 e. The van der Waals surface area contributed by atoms with Crippen molar-refractivity contribution in [3.8, 4) is 5.75 Å². The van der Waals surface area contributed by atoms with E-state index in [4.69, 9.17) is 4.74 Å². The van der Waals surface area contributed by atoms with Gasteiger partial charge in [0.25, 0.3) is 0 Å². The van der Waals surface area contributed by atoms with Crippen molar-refractivity contribution in [2.75, 3.05) is 18.2 Å². The first-order valence-corrected chi connectivity index (χ1v) is 10.7. The summed E-state index contributed by atoms with van der Waals surface area (Å²) in [5, 5.41) is 3.89. The number of thioether (sulfide) groups is 1. The summed E-state index contributed by atoms with van der Waals surface area (Å²) in [4.78, 5) is 28.9. The standard InChI is InChI=1S/C21H20N2O3S2/c1-12-7-9-13(10-8-12)22-19(24)15-11-27-20-18(28-21(25)23-20)17(15)14-5-3-4-6-16(14)26-2/h3-10,15,17H,11H2,1-2H3,(H,22,24)(H,23,25)/t15-,17-/m0/s1. The Hall–Kier alpha value is -2.51. The zero-order valence-corrected chi connectivity index (χ0v) is 17.2. The quantitative estimate of drug-likeness (QED) is 0.672. The summed E-state index contributed by atoms with van der Waals surface area (Å²) < 4.78 is 5.56. The number of anilines is 1. The lowest BCUT2D eigenvalue weighted by atomic mass is 9.84. The molecule has 4 rings (SSSR count). The lowest BCUT2D eigenvalue weighted by molar-refractivity contribution is -0.119. The minimum absolute atomic E-state index is 0.0567. The number of aromatic nitrogens is 1. The van der Waals surface area contributed by atoms with Gasteiger partial charge in [-0.3, -0.25) is 9.59 Å². The number of ether oxygens (including phenoxy) is 1. The van der Waals surface area contributed by atoms with Gasteiger partial charge in [0.2, 0.25) is 5.91 Å². The molecule has 0 spiro atoms. The van der Waals surface area contributed by atoms with Gasteiger partial charge >= 0.3 is 4.87 Å². The number of para-hydroxylation sites is 1. The van der Waals surface area contributed by atoms with E-state index in [9.17, 15) is 9.59 Å². The summed E-state index contributed by atoms with van der Waals surface area (Å²) in [7, 11) is 1.62. The van der Waals surface area contributed by atoms with E-state index in [2.05, 4.69) is 10.3 Å². The van der Waals surface area contributed by atoms with Crippen LogP contribution in [0.4, 0.5) is 5.69 Å². The summed E-state index contributed by atoms with van der Waals surface area (Å²) in [6.45, 7) is 2.01. The van der Waals surface area contributed by atoms with E-state index in [1.54, 1.807) is 7.11 Å². The molecule has 0 unspecified atom stereocenters. The molecule has 5 nitrogen and oxygen atoms in total. The number of hydrogen-bond donors (Lipinski definition) is 2. The first-order valence-electron chi connectivity index (χ1n) is 8.93. The minimum atomic E-state index is -0.318. The van der Waals surface area contributed by atoms with Gasteiger partial charge in [0.05, 0.1) is 18.1 Å². The lowest BCUT2D eigenvalue weighted by Gasteiger charge is -2.31. The Bertz CT molecular complexity index is 1060. The third-order valence-electron chi connectivity index (χ3n) is 4.86. The Kier molecular flexibility index (Phi) is 5.28. The predicted molar refractivity (Wildman–Crippen MR) is 114 cm³/mol. The molecular formula is C21H20N2O3S2. The summed E-state index contributed by atoms with van der Waals surface area (Å²) >= 11 is 2.70. The number of H-pyrrole nitrogens is 1. The highest BCUT2D eigenvalue weighted by molar-refractivity contribution is 7.99. The average Bonchev–Trinajstić information content (AvgIpc) is 3.09. The molecule has 0 saturated carbocycles. The molecule has 3 aromatic rings. The molecule has 0 fully saturated rings. The summed E-state index contributed by atoms with van der Waals surface area (Å²) in [5.74, 6) is 0.696. The monoisotopic (exact) mass is 412 g/mol. The van der Waals surface area contributed by atoms with Crippen LogP contribution in [-0.4, -0.2) is 23.8 Å². The van der Waals surface area contributed by atoms with E-state index in [0.717, 1.165) is 32.5 Å². The van der Waals surface area contributed by atoms with E-state index >= 15 is 0 Å². The minimum Gasteiger partial charge on any atom is -0.496 e. The van der Waals surface area contributed by atoms with Crippen LogP contribution in [0.25, 0.3) is 0 Å². The van der Waals surface area contributed by atoms with Crippen LogP contribution in [0.1, 0.15) is 21.9 Å². The van der Waals surface area contributed by atoms with Crippen molar-refractivity contribution in [1.29, 1.82) is 0 Å². The van der Waals surface area contributed by atoms with E-state index in [0.29, 0.717) is 5.75 Å². The molecule has 0 aliphatic carbocycles. The molecule has 144 valence electrons. The number of carbonyl (C=O) groups is 1. The second kappa shape index (κ2) is 7.85. The van der Waals surface area contributed by atoms with Crippen LogP contribution < -0.4 is 14.9 Å². The number of hydrogen-bond acceptors (Lipinski definition) is 5. The van der Waals surface area contributed by atoms with Crippen molar-refractivity contribution in [2.45, 2.75) is 17.9 Å². The molecule has 0 bridgehead atoms. The van der Waals surface area contributed by atoms with Gasteiger partial charge in [-0.2, -0.15) is 0 Å². The van der Waals surface area contributed by atoms with Gasteiger partial charge in [-0.05, 0) is 25.1 Å². The van der Waals surface area contributed by atoms with Gasteiger partial charge in [0.15, 0.2) is 0 Å². The summed E-state index contributed by atoms with van der Waals surface area (Å²) in [6.07, 6.45) is 0. The number of thiazole rings is 1. The van der Waals surface area contributed by atoms with Gasteiger partial charge in [-0.15, -0.1) is 11.8 Å². The second-order valence-electron chi connectivity index (χ2n) is 6.70. The van der Waals surface area contributed by atoms with Gasteiger partial charge in [-0.25, -0.2) is 0 Å². The molecule has 1 aliphatic heterocycles. The fourth-order valence-electron chi connectivity index (χ4n) is 3.47.